The van der Waals surface area contributed by atoms with Gasteiger partial charge in [-0.15, -0.1) is 0 Å². The van der Waals surface area contributed by atoms with Gasteiger partial charge in [0.25, 0.3) is 5.91 Å². The largest absolute Gasteiger partial charge is 0.493 e. The maximum absolute atomic E-state index is 14.4. The zero-order valence-corrected chi connectivity index (χ0v) is 21.0. The maximum atomic E-state index is 14.4. The van der Waals surface area contributed by atoms with Crippen molar-refractivity contribution in [3.63, 3.8) is 0 Å². The predicted octanol–water partition coefficient (Wildman–Crippen LogP) is 4.30. The van der Waals surface area contributed by atoms with E-state index in [1.165, 1.54) is 55.6 Å². The Balaban J connectivity index is 1.44. The van der Waals surface area contributed by atoms with Crippen molar-refractivity contribution in [1.29, 1.82) is 0 Å². The van der Waals surface area contributed by atoms with Gasteiger partial charge in [-0.1, -0.05) is 0 Å². The summed E-state index contributed by atoms with van der Waals surface area (Å²) in [5.74, 6) is -0.721. The second-order valence-corrected chi connectivity index (χ2v) is 9.76. The smallest absolute Gasteiger partial charge is 0.424 e. The summed E-state index contributed by atoms with van der Waals surface area (Å²) >= 11 is 0. The van der Waals surface area contributed by atoms with E-state index >= 15 is 0 Å². The van der Waals surface area contributed by atoms with Gasteiger partial charge in [-0.05, 0) is 73.0 Å². The Morgan fingerprint density at radius 2 is 1.79 bits per heavy atom. The van der Waals surface area contributed by atoms with E-state index in [0.717, 1.165) is 12.8 Å². The van der Waals surface area contributed by atoms with Gasteiger partial charge in [-0.25, -0.2) is 9.37 Å². The van der Waals surface area contributed by atoms with Gasteiger partial charge in [0, 0.05) is 30.1 Å². The lowest BCUT2D eigenvalue weighted by Gasteiger charge is -2.33. The Labute approximate surface area is 222 Å². The predicted molar refractivity (Wildman–Crippen MR) is 134 cm³/mol. The van der Waals surface area contributed by atoms with Crippen LogP contribution < -0.4 is 20.1 Å². The van der Waals surface area contributed by atoms with Gasteiger partial charge in [0.15, 0.2) is 11.5 Å². The second-order valence-electron chi connectivity index (χ2n) is 9.76. The van der Waals surface area contributed by atoms with Crippen molar-refractivity contribution in [2.45, 2.75) is 36.6 Å². The van der Waals surface area contributed by atoms with E-state index in [1.807, 2.05) is 0 Å². The molecular weight excluding hydrogens is 518 g/mol. The highest BCUT2D eigenvalue weighted by Crippen LogP contribution is 2.40. The first-order valence-corrected chi connectivity index (χ1v) is 12.5. The third kappa shape index (κ3) is 5.69. The van der Waals surface area contributed by atoms with Gasteiger partial charge >= 0.3 is 6.18 Å². The molecule has 1 aliphatic heterocycles. The van der Waals surface area contributed by atoms with Crippen LogP contribution in [0.1, 0.15) is 40.4 Å². The Bertz CT molecular complexity index is 1360. The molecule has 39 heavy (non-hydrogen) atoms. The molecule has 1 atom stereocenters. The quantitative estimate of drug-likeness (QED) is 0.347. The van der Waals surface area contributed by atoms with E-state index in [1.54, 1.807) is 6.07 Å². The fraction of sp³-hybridized carbons (Fsp3) is 0.357. The van der Waals surface area contributed by atoms with E-state index in [9.17, 15) is 27.5 Å². The number of rotatable bonds is 9. The van der Waals surface area contributed by atoms with Gasteiger partial charge in [0.1, 0.15) is 5.82 Å². The number of pyridine rings is 1. The van der Waals surface area contributed by atoms with Crippen LogP contribution in [0.4, 0.5) is 17.6 Å². The summed E-state index contributed by atoms with van der Waals surface area (Å²) in [7, 11) is 1.40. The summed E-state index contributed by atoms with van der Waals surface area (Å²) in [5, 5.41) is 16.3. The molecule has 2 aromatic carbocycles. The number of ether oxygens (including phenoxy) is 2. The summed E-state index contributed by atoms with van der Waals surface area (Å²) in [6.45, 7) is -0.0776. The van der Waals surface area contributed by atoms with Crippen molar-refractivity contribution >= 4 is 5.91 Å². The van der Waals surface area contributed by atoms with Crippen LogP contribution in [-0.4, -0.2) is 55.0 Å². The minimum absolute atomic E-state index is 0.0359. The molecule has 1 aromatic heterocycles. The normalized spacial score (nSPS) is 17.2. The number of carbonyl (C=O) groups is 1. The van der Waals surface area contributed by atoms with Crippen LogP contribution >= 0.6 is 0 Å². The molecule has 1 saturated carbocycles. The van der Waals surface area contributed by atoms with Gasteiger partial charge in [-0.2, -0.15) is 13.2 Å². The van der Waals surface area contributed by atoms with Crippen molar-refractivity contribution < 1.29 is 36.9 Å². The first kappa shape index (κ1) is 26.9. The standard InChI is InChI=1S/C28H27F4N3O4/c1-38-24-11-17(4-9-23(24)39-21-7-8-21)26(36)34-15-27(37,28(30,31)32)25-12-18(19-13-33-14-19)10-22(35-25)16-2-5-20(29)6-3-16/h2-6,9-12,19,21,33,37H,7-8,13-15H2,1H3,(H,34,36). The van der Waals surface area contributed by atoms with E-state index in [2.05, 4.69) is 15.6 Å². The van der Waals surface area contributed by atoms with Gasteiger partial charge in [0.2, 0.25) is 5.60 Å². The molecular formula is C28H27F4N3O4. The molecule has 2 aliphatic rings. The monoisotopic (exact) mass is 545 g/mol. The molecule has 7 nitrogen and oxygen atoms in total. The van der Waals surface area contributed by atoms with Crippen LogP contribution in [0.5, 0.6) is 11.5 Å². The average Bonchev–Trinajstić information content (AvgIpc) is 3.70. The van der Waals surface area contributed by atoms with Crippen LogP contribution in [0, 0.1) is 5.82 Å². The van der Waals surface area contributed by atoms with E-state index in [4.69, 9.17) is 9.47 Å². The Hall–Kier alpha value is -3.70. The number of hydrogen-bond acceptors (Lipinski definition) is 6. The van der Waals surface area contributed by atoms with E-state index in [0.29, 0.717) is 30.0 Å². The topological polar surface area (TPSA) is 92.7 Å². The molecule has 2 heterocycles. The van der Waals surface area contributed by atoms with Gasteiger partial charge in [0.05, 0.1) is 31.1 Å². The highest BCUT2D eigenvalue weighted by molar-refractivity contribution is 5.95. The minimum atomic E-state index is -5.18. The highest BCUT2D eigenvalue weighted by atomic mass is 19.4. The van der Waals surface area contributed by atoms with Crippen molar-refractivity contribution in [2.24, 2.45) is 0 Å². The number of benzene rings is 2. The molecule has 1 aliphatic carbocycles. The zero-order valence-electron chi connectivity index (χ0n) is 21.0. The SMILES string of the molecule is COc1cc(C(=O)NCC(O)(c2cc(C3CNC3)cc(-c3ccc(F)cc3)n2)C(F)(F)F)ccc1OC1CC1. The Kier molecular flexibility index (Phi) is 7.21. The fourth-order valence-corrected chi connectivity index (χ4v) is 4.21. The molecule has 1 amide bonds. The van der Waals surface area contributed by atoms with Crippen LogP contribution in [0.2, 0.25) is 0 Å². The van der Waals surface area contributed by atoms with Crippen LogP contribution in [0.3, 0.4) is 0 Å². The van der Waals surface area contributed by atoms with Crippen molar-refractivity contribution in [3.8, 4) is 22.8 Å². The number of alkyl halides is 3. The lowest BCUT2D eigenvalue weighted by atomic mass is 9.88. The summed E-state index contributed by atoms with van der Waals surface area (Å²) in [5.41, 5.74) is -3.04. The maximum Gasteiger partial charge on any atom is 0.424 e. The Morgan fingerprint density at radius 3 is 2.38 bits per heavy atom. The lowest BCUT2D eigenvalue weighted by Crippen LogP contribution is -2.51. The van der Waals surface area contributed by atoms with E-state index < -0.39 is 35.7 Å². The highest BCUT2D eigenvalue weighted by Gasteiger charge is 2.56. The first-order valence-electron chi connectivity index (χ1n) is 12.5. The molecule has 0 spiro atoms. The third-order valence-electron chi connectivity index (χ3n) is 6.88. The molecule has 0 radical (unpaired) electrons. The molecule has 1 saturated heterocycles. The number of nitrogens with one attached hydrogen (secondary N) is 2. The van der Waals surface area contributed by atoms with Crippen molar-refractivity contribution in [1.82, 2.24) is 15.6 Å². The number of nitrogens with zero attached hydrogens (tertiary/aromatic N) is 1. The number of aliphatic hydroxyl groups is 1. The number of carbonyl (C=O) groups excluding carboxylic acids is 1. The molecule has 3 aromatic rings. The van der Waals surface area contributed by atoms with Crippen molar-refractivity contribution in [3.05, 3.63) is 77.2 Å². The van der Waals surface area contributed by atoms with Gasteiger partial charge in [-0.3, -0.25) is 4.79 Å². The van der Waals surface area contributed by atoms with Crippen LogP contribution in [0.25, 0.3) is 11.3 Å². The number of methoxy groups -OCH3 is 1. The average molecular weight is 546 g/mol. The molecule has 5 rings (SSSR count). The number of hydrogen-bond donors (Lipinski definition) is 3. The second kappa shape index (κ2) is 10.5. The summed E-state index contributed by atoms with van der Waals surface area (Å²) < 4.78 is 67.7. The summed E-state index contributed by atoms with van der Waals surface area (Å²) in [6, 6.07) is 12.3. The zero-order chi connectivity index (χ0) is 27.8. The summed E-state index contributed by atoms with van der Waals surface area (Å²) in [6.07, 6.45) is -3.27. The minimum Gasteiger partial charge on any atom is -0.493 e. The lowest BCUT2D eigenvalue weighted by molar-refractivity contribution is -0.265. The summed E-state index contributed by atoms with van der Waals surface area (Å²) in [4.78, 5) is 17.0. The fourth-order valence-electron chi connectivity index (χ4n) is 4.21. The molecule has 1 unspecified atom stereocenters. The number of halogens is 4. The molecule has 3 N–H and O–H groups in total. The van der Waals surface area contributed by atoms with Gasteiger partial charge < -0.3 is 25.2 Å². The molecule has 11 heteroatoms. The molecule has 206 valence electrons. The van der Waals surface area contributed by atoms with E-state index in [-0.39, 0.29) is 29.0 Å². The molecule has 2 fully saturated rings. The first-order chi connectivity index (χ1) is 18.6. The van der Waals surface area contributed by atoms with Crippen molar-refractivity contribution in [2.75, 3.05) is 26.7 Å². The third-order valence-corrected chi connectivity index (χ3v) is 6.88. The number of amides is 1. The molecule has 0 bridgehead atoms. The number of aromatic nitrogens is 1. The Morgan fingerprint density at radius 1 is 1.08 bits per heavy atom. The van der Waals surface area contributed by atoms with Crippen LogP contribution in [0.15, 0.2) is 54.6 Å². The van der Waals surface area contributed by atoms with Crippen LogP contribution in [-0.2, 0) is 5.60 Å².